The number of carbonyl (C=O) groups is 1. The van der Waals surface area contributed by atoms with E-state index in [9.17, 15) is 13.2 Å². The van der Waals surface area contributed by atoms with Crippen LogP contribution in [-0.4, -0.2) is 38.5 Å². The molecule has 0 amide bonds. The van der Waals surface area contributed by atoms with Gasteiger partial charge in [0, 0.05) is 13.2 Å². The number of sulfonamides is 1. The Kier molecular flexibility index (Phi) is 4.74. The first-order valence-electron chi connectivity index (χ1n) is 6.33. The van der Waals surface area contributed by atoms with Crippen LogP contribution in [0, 0.1) is 5.92 Å². The molecule has 1 aromatic rings. The fraction of sp³-hybridized carbons (Fsp3) is 0.462. The van der Waals surface area contributed by atoms with Gasteiger partial charge in [0.05, 0.1) is 17.9 Å². The number of ether oxygens (including phenoxy) is 1. The lowest BCUT2D eigenvalue weighted by Gasteiger charge is -2.10. The second-order valence-corrected chi connectivity index (χ2v) is 6.69. The standard InChI is InChI=1S/C13H17NO5S/c15-13(16)12-3-1-10(2-4-12)7-14-20(17,18)9-11-5-6-19-8-11/h1-4,11,14H,5-9H2,(H,15,16). The van der Waals surface area contributed by atoms with Crippen LogP contribution in [0.2, 0.25) is 0 Å². The molecule has 2 rings (SSSR count). The van der Waals surface area contributed by atoms with Crippen molar-refractivity contribution in [3.05, 3.63) is 35.4 Å². The number of hydrogen-bond donors (Lipinski definition) is 2. The number of carboxylic acid groups (broad SMARTS) is 1. The average Bonchev–Trinajstić information content (AvgIpc) is 2.89. The van der Waals surface area contributed by atoms with Crippen LogP contribution in [-0.2, 0) is 21.3 Å². The number of carboxylic acids is 1. The Morgan fingerprint density at radius 3 is 2.60 bits per heavy atom. The van der Waals surface area contributed by atoms with Crippen LogP contribution in [0.1, 0.15) is 22.3 Å². The zero-order chi connectivity index (χ0) is 14.6. The largest absolute Gasteiger partial charge is 0.478 e. The normalized spacial score (nSPS) is 19.1. The van der Waals surface area contributed by atoms with Crippen molar-refractivity contribution < 1.29 is 23.1 Å². The molecule has 1 unspecified atom stereocenters. The van der Waals surface area contributed by atoms with Crippen LogP contribution in [0.25, 0.3) is 0 Å². The molecule has 1 saturated heterocycles. The molecular weight excluding hydrogens is 282 g/mol. The molecule has 0 bridgehead atoms. The van der Waals surface area contributed by atoms with Gasteiger partial charge in [0.15, 0.2) is 0 Å². The van der Waals surface area contributed by atoms with E-state index >= 15 is 0 Å². The number of aromatic carboxylic acids is 1. The number of hydrogen-bond acceptors (Lipinski definition) is 4. The zero-order valence-electron chi connectivity index (χ0n) is 10.9. The molecule has 110 valence electrons. The highest BCUT2D eigenvalue weighted by molar-refractivity contribution is 7.89. The van der Waals surface area contributed by atoms with Gasteiger partial charge in [-0.1, -0.05) is 12.1 Å². The van der Waals surface area contributed by atoms with Gasteiger partial charge in [-0.15, -0.1) is 0 Å². The van der Waals surface area contributed by atoms with Crippen LogP contribution < -0.4 is 4.72 Å². The first-order chi connectivity index (χ1) is 9.46. The van der Waals surface area contributed by atoms with E-state index in [-0.39, 0.29) is 23.8 Å². The number of benzene rings is 1. The van der Waals surface area contributed by atoms with Crippen LogP contribution in [0.15, 0.2) is 24.3 Å². The Morgan fingerprint density at radius 2 is 2.05 bits per heavy atom. The van der Waals surface area contributed by atoms with E-state index in [0.29, 0.717) is 13.2 Å². The predicted octanol–water partition coefficient (Wildman–Crippen LogP) is 0.841. The molecule has 1 atom stereocenters. The third-order valence-electron chi connectivity index (χ3n) is 3.18. The summed E-state index contributed by atoms with van der Waals surface area (Å²) in [6.45, 7) is 1.28. The Labute approximate surface area is 117 Å². The smallest absolute Gasteiger partial charge is 0.335 e. The molecular formula is C13H17NO5S. The van der Waals surface area contributed by atoms with E-state index < -0.39 is 16.0 Å². The minimum absolute atomic E-state index is 0.0573. The molecule has 0 radical (unpaired) electrons. The molecule has 0 aliphatic carbocycles. The molecule has 1 aliphatic heterocycles. The van der Waals surface area contributed by atoms with Crippen molar-refractivity contribution in [2.45, 2.75) is 13.0 Å². The maximum atomic E-state index is 11.9. The second-order valence-electron chi connectivity index (χ2n) is 4.83. The quantitative estimate of drug-likeness (QED) is 0.812. The van der Waals surface area contributed by atoms with Gasteiger partial charge >= 0.3 is 5.97 Å². The van der Waals surface area contributed by atoms with E-state index in [4.69, 9.17) is 9.84 Å². The van der Waals surface area contributed by atoms with Crippen LogP contribution in [0.5, 0.6) is 0 Å². The lowest BCUT2D eigenvalue weighted by molar-refractivity contribution is 0.0697. The van der Waals surface area contributed by atoms with Gasteiger partial charge in [-0.2, -0.15) is 0 Å². The number of nitrogens with one attached hydrogen (secondary N) is 1. The molecule has 1 aliphatic rings. The van der Waals surface area contributed by atoms with Crippen molar-refractivity contribution in [2.75, 3.05) is 19.0 Å². The van der Waals surface area contributed by atoms with E-state index in [2.05, 4.69) is 4.72 Å². The summed E-state index contributed by atoms with van der Waals surface area (Å²) in [7, 11) is -3.34. The maximum absolute atomic E-state index is 11.9. The lowest BCUT2D eigenvalue weighted by Crippen LogP contribution is -2.29. The second kappa shape index (κ2) is 6.34. The van der Waals surface area contributed by atoms with Gasteiger partial charge in [0.25, 0.3) is 0 Å². The van der Waals surface area contributed by atoms with Crippen molar-refractivity contribution >= 4 is 16.0 Å². The van der Waals surface area contributed by atoms with E-state index in [1.165, 1.54) is 12.1 Å². The van der Waals surface area contributed by atoms with Gasteiger partial charge in [-0.25, -0.2) is 17.9 Å². The summed E-state index contributed by atoms with van der Waals surface area (Å²) in [4.78, 5) is 10.7. The monoisotopic (exact) mass is 299 g/mol. The van der Waals surface area contributed by atoms with Gasteiger partial charge in [-0.3, -0.25) is 0 Å². The van der Waals surface area contributed by atoms with Gasteiger partial charge < -0.3 is 9.84 Å². The Hall–Kier alpha value is -1.44. The first kappa shape index (κ1) is 15.0. The molecule has 2 N–H and O–H groups in total. The molecule has 1 aromatic carbocycles. The van der Waals surface area contributed by atoms with Crippen molar-refractivity contribution in [1.82, 2.24) is 4.72 Å². The molecule has 0 saturated carbocycles. The molecule has 1 fully saturated rings. The average molecular weight is 299 g/mol. The fourth-order valence-electron chi connectivity index (χ4n) is 2.04. The molecule has 1 heterocycles. The van der Waals surface area contributed by atoms with E-state index in [1.54, 1.807) is 12.1 Å². The highest BCUT2D eigenvalue weighted by atomic mass is 32.2. The molecule has 0 spiro atoms. The third kappa shape index (κ3) is 4.29. The van der Waals surface area contributed by atoms with Gasteiger partial charge in [-0.05, 0) is 30.0 Å². The van der Waals surface area contributed by atoms with Crippen molar-refractivity contribution in [3.63, 3.8) is 0 Å². The predicted molar refractivity (Wildman–Crippen MR) is 73.0 cm³/mol. The zero-order valence-corrected chi connectivity index (χ0v) is 11.7. The van der Waals surface area contributed by atoms with Crippen molar-refractivity contribution in [2.24, 2.45) is 5.92 Å². The summed E-state index contributed by atoms with van der Waals surface area (Å²) in [5, 5.41) is 8.77. The number of rotatable bonds is 6. The summed E-state index contributed by atoms with van der Waals surface area (Å²) >= 11 is 0. The first-order valence-corrected chi connectivity index (χ1v) is 7.99. The summed E-state index contributed by atoms with van der Waals surface area (Å²) < 4.78 is 31.4. The highest BCUT2D eigenvalue weighted by Gasteiger charge is 2.22. The summed E-state index contributed by atoms with van der Waals surface area (Å²) in [5.74, 6) is -0.875. The van der Waals surface area contributed by atoms with Crippen LogP contribution >= 0.6 is 0 Å². The van der Waals surface area contributed by atoms with Gasteiger partial charge in [0.2, 0.25) is 10.0 Å². The minimum atomic E-state index is -3.34. The Bertz CT molecular complexity index is 561. The lowest BCUT2D eigenvalue weighted by atomic mass is 10.1. The topological polar surface area (TPSA) is 92.7 Å². The van der Waals surface area contributed by atoms with Crippen molar-refractivity contribution in [3.8, 4) is 0 Å². The van der Waals surface area contributed by atoms with E-state index in [1.807, 2.05) is 0 Å². The van der Waals surface area contributed by atoms with Crippen LogP contribution in [0.3, 0.4) is 0 Å². The van der Waals surface area contributed by atoms with E-state index in [0.717, 1.165) is 12.0 Å². The summed E-state index contributed by atoms with van der Waals surface area (Å²) in [6, 6.07) is 6.11. The van der Waals surface area contributed by atoms with Crippen LogP contribution in [0.4, 0.5) is 0 Å². The SMILES string of the molecule is O=C(O)c1ccc(CNS(=O)(=O)CC2CCOC2)cc1. The Balaban J connectivity index is 1.88. The summed E-state index contributed by atoms with van der Waals surface area (Å²) in [5.41, 5.74) is 0.904. The third-order valence-corrected chi connectivity index (χ3v) is 4.67. The molecule has 20 heavy (non-hydrogen) atoms. The minimum Gasteiger partial charge on any atom is -0.478 e. The fourth-order valence-corrected chi connectivity index (χ4v) is 3.43. The molecule has 6 nitrogen and oxygen atoms in total. The summed E-state index contributed by atoms with van der Waals surface area (Å²) in [6.07, 6.45) is 0.772. The highest BCUT2D eigenvalue weighted by Crippen LogP contribution is 2.14. The molecule has 0 aromatic heterocycles. The Morgan fingerprint density at radius 1 is 1.35 bits per heavy atom. The van der Waals surface area contributed by atoms with Crippen molar-refractivity contribution in [1.29, 1.82) is 0 Å². The molecule has 7 heteroatoms. The van der Waals surface area contributed by atoms with Gasteiger partial charge in [0.1, 0.15) is 0 Å². The maximum Gasteiger partial charge on any atom is 0.335 e.